The Morgan fingerprint density at radius 2 is 2.29 bits per heavy atom. The van der Waals surface area contributed by atoms with E-state index in [9.17, 15) is 9.18 Å². The molecule has 0 spiro atoms. The lowest BCUT2D eigenvalue weighted by Crippen LogP contribution is -2.22. The SMILES string of the molecule is CCCC(=O)NCc1ccc(Cl)c(C#N)c1F. The molecule has 0 aliphatic rings. The monoisotopic (exact) mass is 254 g/mol. The number of amides is 1. The lowest BCUT2D eigenvalue weighted by Gasteiger charge is -2.07. The fourth-order valence-electron chi connectivity index (χ4n) is 1.34. The maximum atomic E-state index is 13.7. The molecule has 0 saturated carbocycles. The van der Waals surface area contributed by atoms with E-state index in [0.29, 0.717) is 6.42 Å². The second-order valence-corrected chi connectivity index (χ2v) is 3.94. The molecule has 1 N–H and O–H groups in total. The van der Waals surface area contributed by atoms with Crippen molar-refractivity contribution in [3.8, 4) is 6.07 Å². The Morgan fingerprint density at radius 1 is 1.59 bits per heavy atom. The Labute approximate surface area is 104 Å². The molecule has 0 bridgehead atoms. The molecule has 0 radical (unpaired) electrons. The van der Waals surface area contributed by atoms with Crippen molar-refractivity contribution in [2.75, 3.05) is 0 Å². The van der Waals surface area contributed by atoms with Gasteiger partial charge in [-0.25, -0.2) is 4.39 Å². The highest BCUT2D eigenvalue weighted by Crippen LogP contribution is 2.21. The molecule has 0 aromatic heterocycles. The number of carbonyl (C=O) groups is 1. The lowest BCUT2D eigenvalue weighted by molar-refractivity contribution is -0.121. The summed E-state index contributed by atoms with van der Waals surface area (Å²) in [5, 5.41) is 11.4. The van der Waals surface area contributed by atoms with E-state index in [1.54, 1.807) is 6.07 Å². The van der Waals surface area contributed by atoms with Crippen LogP contribution in [-0.2, 0) is 11.3 Å². The molecule has 0 aliphatic carbocycles. The van der Waals surface area contributed by atoms with Crippen molar-refractivity contribution in [1.29, 1.82) is 5.26 Å². The summed E-state index contributed by atoms with van der Waals surface area (Å²) in [6.07, 6.45) is 1.14. The van der Waals surface area contributed by atoms with Crippen molar-refractivity contribution in [3.63, 3.8) is 0 Å². The van der Waals surface area contributed by atoms with Crippen LogP contribution in [0.1, 0.15) is 30.9 Å². The third-order valence-electron chi connectivity index (χ3n) is 2.24. The first-order chi connectivity index (χ1) is 8.10. The minimum Gasteiger partial charge on any atom is -0.352 e. The first-order valence-corrected chi connectivity index (χ1v) is 5.61. The van der Waals surface area contributed by atoms with E-state index in [2.05, 4.69) is 5.32 Å². The Kier molecular flexibility index (Phi) is 4.92. The summed E-state index contributed by atoms with van der Waals surface area (Å²) >= 11 is 5.66. The number of rotatable bonds is 4. The molecular formula is C12H12ClFN2O. The maximum Gasteiger partial charge on any atom is 0.220 e. The van der Waals surface area contributed by atoms with E-state index < -0.39 is 5.82 Å². The molecule has 1 amide bonds. The summed E-state index contributed by atoms with van der Waals surface area (Å²) in [4.78, 5) is 11.2. The van der Waals surface area contributed by atoms with Crippen LogP contribution in [0.15, 0.2) is 12.1 Å². The Bertz CT molecular complexity index is 468. The Morgan fingerprint density at radius 3 is 2.88 bits per heavy atom. The quantitative estimate of drug-likeness (QED) is 0.898. The Hall–Kier alpha value is -1.60. The molecule has 17 heavy (non-hydrogen) atoms. The zero-order valence-corrected chi connectivity index (χ0v) is 10.1. The van der Waals surface area contributed by atoms with Crippen molar-refractivity contribution in [1.82, 2.24) is 5.32 Å². The van der Waals surface area contributed by atoms with Crippen molar-refractivity contribution in [3.05, 3.63) is 34.1 Å². The fraction of sp³-hybridized carbons (Fsp3) is 0.333. The van der Waals surface area contributed by atoms with Crippen LogP contribution >= 0.6 is 11.6 Å². The molecule has 0 saturated heterocycles. The molecule has 90 valence electrons. The highest BCUT2D eigenvalue weighted by molar-refractivity contribution is 6.31. The van der Waals surface area contributed by atoms with Gasteiger partial charge in [0.2, 0.25) is 5.91 Å². The lowest BCUT2D eigenvalue weighted by atomic mass is 10.1. The Balaban J connectivity index is 2.80. The van der Waals surface area contributed by atoms with E-state index in [4.69, 9.17) is 16.9 Å². The van der Waals surface area contributed by atoms with Crippen LogP contribution in [0.25, 0.3) is 0 Å². The molecule has 1 aromatic carbocycles. The van der Waals surface area contributed by atoms with Crippen LogP contribution in [0, 0.1) is 17.1 Å². The third kappa shape index (κ3) is 3.43. The van der Waals surface area contributed by atoms with Crippen LogP contribution in [0.3, 0.4) is 0 Å². The smallest absolute Gasteiger partial charge is 0.220 e. The van der Waals surface area contributed by atoms with Gasteiger partial charge in [-0.2, -0.15) is 5.26 Å². The van der Waals surface area contributed by atoms with Crippen molar-refractivity contribution >= 4 is 17.5 Å². The van der Waals surface area contributed by atoms with Crippen LogP contribution < -0.4 is 5.32 Å². The van der Waals surface area contributed by atoms with Gasteiger partial charge >= 0.3 is 0 Å². The molecule has 0 fully saturated rings. The summed E-state index contributed by atoms with van der Waals surface area (Å²) in [6.45, 7) is 1.95. The molecule has 3 nitrogen and oxygen atoms in total. The van der Waals surface area contributed by atoms with Gasteiger partial charge < -0.3 is 5.32 Å². The molecule has 0 aliphatic heterocycles. The minimum absolute atomic E-state index is 0.0660. The van der Waals surface area contributed by atoms with E-state index >= 15 is 0 Å². The minimum atomic E-state index is -0.670. The van der Waals surface area contributed by atoms with Gasteiger partial charge in [0.15, 0.2) is 0 Å². The van der Waals surface area contributed by atoms with E-state index in [-0.39, 0.29) is 28.6 Å². The van der Waals surface area contributed by atoms with Gasteiger partial charge in [0.05, 0.1) is 5.02 Å². The zero-order chi connectivity index (χ0) is 12.8. The molecule has 0 heterocycles. The van der Waals surface area contributed by atoms with Gasteiger partial charge in [-0.3, -0.25) is 4.79 Å². The zero-order valence-electron chi connectivity index (χ0n) is 9.39. The van der Waals surface area contributed by atoms with Crippen molar-refractivity contribution in [2.45, 2.75) is 26.3 Å². The van der Waals surface area contributed by atoms with Gasteiger partial charge in [0.25, 0.3) is 0 Å². The fourth-order valence-corrected chi connectivity index (χ4v) is 1.53. The van der Waals surface area contributed by atoms with Gasteiger partial charge in [-0.05, 0) is 12.5 Å². The second-order valence-electron chi connectivity index (χ2n) is 3.53. The average molecular weight is 255 g/mol. The number of benzene rings is 1. The summed E-state index contributed by atoms with van der Waals surface area (Å²) in [6, 6.07) is 4.61. The number of hydrogen-bond acceptors (Lipinski definition) is 2. The van der Waals surface area contributed by atoms with Gasteiger partial charge in [0, 0.05) is 18.5 Å². The third-order valence-corrected chi connectivity index (χ3v) is 2.55. The number of nitrogens with one attached hydrogen (secondary N) is 1. The second kappa shape index (κ2) is 6.21. The molecule has 0 unspecified atom stereocenters. The maximum absolute atomic E-state index is 13.7. The standard InChI is InChI=1S/C12H12ClFN2O/c1-2-3-11(17)16-7-8-4-5-10(13)9(6-15)12(8)14/h4-5H,2-3,7H2,1H3,(H,16,17). The van der Waals surface area contributed by atoms with E-state index in [0.717, 1.165) is 6.42 Å². The van der Waals surface area contributed by atoms with E-state index in [1.807, 2.05) is 6.92 Å². The van der Waals surface area contributed by atoms with Crippen LogP contribution in [0.5, 0.6) is 0 Å². The predicted molar refractivity (Wildman–Crippen MR) is 62.9 cm³/mol. The van der Waals surface area contributed by atoms with Crippen molar-refractivity contribution < 1.29 is 9.18 Å². The van der Waals surface area contributed by atoms with E-state index in [1.165, 1.54) is 12.1 Å². The summed E-state index contributed by atoms with van der Waals surface area (Å²) in [5.74, 6) is -0.808. The van der Waals surface area contributed by atoms with Crippen LogP contribution in [0.4, 0.5) is 4.39 Å². The molecule has 1 rings (SSSR count). The average Bonchev–Trinajstić information content (AvgIpc) is 2.29. The highest BCUT2D eigenvalue weighted by atomic mass is 35.5. The topological polar surface area (TPSA) is 52.9 Å². The van der Waals surface area contributed by atoms with Crippen LogP contribution in [0.2, 0.25) is 5.02 Å². The predicted octanol–water partition coefficient (Wildman–Crippen LogP) is 2.77. The molecule has 1 aromatic rings. The number of nitriles is 1. The van der Waals surface area contributed by atoms with Gasteiger partial charge in [0.1, 0.15) is 17.4 Å². The largest absolute Gasteiger partial charge is 0.352 e. The first-order valence-electron chi connectivity index (χ1n) is 5.23. The summed E-state index contributed by atoms with van der Waals surface area (Å²) < 4.78 is 13.7. The van der Waals surface area contributed by atoms with Gasteiger partial charge in [-0.15, -0.1) is 0 Å². The molecule has 5 heteroatoms. The first kappa shape index (κ1) is 13.5. The van der Waals surface area contributed by atoms with Crippen LogP contribution in [-0.4, -0.2) is 5.91 Å². The number of halogens is 2. The molecular weight excluding hydrogens is 243 g/mol. The van der Waals surface area contributed by atoms with Crippen molar-refractivity contribution in [2.24, 2.45) is 0 Å². The number of nitrogens with zero attached hydrogens (tertiary/aromatic N) is 1. The summed E-state index contributed by atoms with van der Waals surface area (Å²) in [7, 11) is 0. The summed E-state index contributed by atoms with van der Waals surface area (Å²) in [5.41, 5.74) is 0.0734. The van der Waals surface area contributed by atoms with Gasteiger partial charge in [-0.1, -0.05) is 24.6 Å². The number of hydrogen-bond donors (Lipinski definition) is 1. The molecule has 0 atom stereocenters. The number of carbonyl (C=O) groups excluding carboxylic acids is 1. The normalized spacial score (nSPS) is 9.76. The highest BCUT2D eigenvalue weighted by Gasteiger charge is 2.12.